The molecule has 24 heavy (non-hydrogen) atoms. The van der Waals surface area contributed by atoms with Crippen LogP contribution < -0.4 is 0 Å². The van der Waals surface area contributed by atoms with Crippen molar-refractivity contribution < 1.29 is 15.3 Å². The predicted molar refractivity (Wildman–Crippen MR) is 96.6 cm³/mol. The summed E-state index contributed by atoms with van der Waals surface area (Å²) in [6.45, 7) is 2.39. The van der Waals surface area contributed by atoms with Crippen molar-refractivity contribution in [3.05, 3.63) is 0 Å². The van der Waals surface area contributed by atoms with Gasteiger partial charge in [-0.15, -0.1) is 0 Å². The Kier molecular flexibility index (Phi) is 6.26. The molecule has 0 spiro atoms. The number of hydrogen-bond donors (Lipinski definition) is 3. The van der Waals surface area contributed by atoms with Crippen LogP contribution in [0.15, 0.2) is 0 Å². The lowest BCUT2D eigenvalue weighted by Crippen LogP contribution is -2.48. The smallest absolute Gasteiger partial charge is 0.0540 e. The van der Waals surface area contributed by atoms with E-state index in [1.54, 1.807) is 0 Å². The van der Waals surface area contributed by atoms with Crippen LogP contribution in [0.1, 0.15) is 90.4 Å². The Labute approximate surface area is 147 Å². The number of aliphatic hydroxyl groups excluding tert-OH is 3. The van der Waals surface area contributed by atoms with Gasteiger partial charge in [0.15, 0.2) is 0 Å². The molecule has 3 aliphatic rings. The van der Waals surface area contributed by atoms with Crippen LogP contribution in [0, 0.1) is 23.2 Å². The first-order valence-corrected chi connectivity index (χ1v) is 10.6. The molecule has 0 aromatic heterocycles. The lowest BCUT2D eigenvalue weighted by molar-refractivity contribution is -0.0824. The molecule has 0 aliphatic heterocycles. The first kappa shape index (κ1) is 18.7. The number of aliphatic hydroxyl groups is 3. The fraction of sp³-hybridized carbons (Fsp3) is 1.00. The van der Waals surface area contributed by atoms with Crippen molar-refractivity contribution in [1.82, 2.24) is 0 Å². The van der Waals surface area contributed by atoms with Crippen LogP contribution in [0.2, 0.25) is 0 Å². The molecule has 0 aromatic rings. The van der Waals surface area contributed by atoms with E-state index in [1.807, 2.05) is 0 Å². The van der Waals surface area contributed by atoms with Crippen molar-refractivity contribution in [3.63, 3.8) is 0 Å². The molecule has 0 atom stereocenters. The second kappa shape index (κ2) is 8.05. The summed E-state index contributed by atoms with van der Waals surface area (Å²) >= 11 is 0. The molecular weight excluding hydrogens is 300 g/mol. The number of rotatable bonds is 4. The Bertz CT molecular complexity index is 317. The summed E-state index contributed by atoms with van der Waals surface area (Å²) in [4.78, 5) is 0. The Morgan fingerprint density at radius 3 is 1.00 bits per heavy atom. The van der Waals surface area contributed by atoms with Crippen molar-refractivity contribution in [1.29, 1.82) is 0 Å². The monoisotopic (exact) mass is 338 g/mol. The molecule has 140 valence electrons. The topological polar surface area (TPSA) is 60.7 Å². The zero-order valence-corrected chi connectivity index (χ0v) is 15.5. The van der Waals surface area contributed by atoms with Crippen LogP contribution in [0.3, 0.4) is 0 Å². The summed E-state index contributed by atoms with van der Waals surface area (Å²) in [6, 6.07) is 0. The van der Waals surface area contributed by atoms with Gasteiger partial charge in [0, 0.05) is 0 Å². The first-order chi connectivity index (χ1) is 11.6. The average molecular weight is 339 g/mol. The molecule has 0 radical (unpaired) electrons. The third-order valence-electron chi connectivity index (χ3n) is 7.98. The molecule has 3 fully saturated rings. The van der Waals surface area contributed by atoms with Crippen molar-refractivity contribution in [2.24, 2.45) is 23.2 Å². The largest absolute Gasteiger partial charge is 0.393 e. The van der Waals surface area contributed by atoms with Gasteiger partial charge in [0.05, 0.1) is 18.3 Å². The molecule has 3 rings (SSSR count). The summed E-state index contributed by atoms with van der Waals surface area (Å²) in [5.74, 6) is 2.18. The van der Waals surface area contributed by atoms with Crippen molar-refractivity contribution in [2.45, 2.75) is 109 Å². The Morgan fingerprint density at radius 2 is 0.792 bits per heavy atom. The second-order valence-electron chi connectivity index (χ2n) is 8.98. The maximum absolute atomic E-state index is 9.99. The molecular formula is C21H38O3. The van der Waals surface area contributed by atoms with Gasteiger partial charge in [-0.3, -0.25) is 0 Å². The Hall–Kier alpha value is -0.120. The molecule has 3 N–H and O–H groups in total. The van der Waals surface area contributed by atoms with Gasteiger partial charge in [-0.05, 0) is 107 Å². The molecule has 0 aromatic carbocycles. The normalized spacial score (nSPS) is 44.0. The molecule has 3 nitrogen and oxygen atoms in total. The van der Waals surface area contributed by atoms with Crippen LogP contribution in [0.4, 0.5) is 0 Å². The average Bonchev–Trinajstić information content (AvgIpc) is 2.60. The van der Waals surface area contributed by atoms with E-state index in [4.69, 9.17) is 0 Å². The second-order valence-corrected chi connectivity index (χ2v) is 8.98. The van der Waals surface area contributed by atoms with E-state index < -0.39 is 0 Å². The van der Waals surface area contributed by atoms with E-state index in [2.05, 4.69) is 6.92 Å². The van der Waals surface area contributed by atoms with Crippen LogP contribution >= 0.6 is 0 Å². The minimum absolute atomic E-state index is 0.0860. The highest BCUT2D eigenvalue weighted by molar-refractivity contribution is 5.00. The third-order valence-corrected chi connectivity index (χ3v) is 7.98. The maximum atomic E-state index is 9.99. The van der Waals surface area contributed by atoms with Gasteiger partial charge in [-0.2, -0.15) is 0 Å². The summed E-state index contributed by atoms with van der Waals surface area (Å²) in [7, 11) is 0. The standard InChI is InChI=1S/C21H38O3/c1-2-21(15-3-9-18(22)10-4-15,16-5-11-19(23)12-6-16)17-7-13-20(24)14-8-17/h15-20,22-24H,2-14H2,1H3. The van der Waals surface area contributed by atoms with Gasteiger partial charge in [-0.1, -0.05) is 6.92 Å². The van der Waals surface area contributed by atoms with Crippen molar-refractivity contribution in [2.75, 3.05) is 0 Å². The zero-order valence-electron chi connectivity index (χ0n) is 15.5. The predicted octanol–water partition coefficient (Wildman–Crippen LogP) is 4.04. The van der Waals surface area contributed by atoms with E-state index >= 15 is 0 Å². The van der Waals surface area contributed by atoms with Crippen LogP contribution in [0.25, 0.3) is 0 Å². The van der Waals surface area contributed by atoms with E-state index in [9.17, 15) is 15.3 Å². The Morgan fingerprint density at radius 1 is 0.542 bits per heavy atom. The summed E-state index contributed by atoms with van der Waals surface area (Å²) in [5, 5.41) is 30.0. The van der Waals surface area contributed by atoms with Gasteiger partial charge < -0.3 is 15.3 Å². The number of hydrogen-bond acceptors (Lipinski definition) is 3. The summed E-state index contributed by atoms with van der Waals surface area (Å²) in [6.07, 6.45) is 13.8. The van der Waals surface area contributed by atoms with Crippen molar-refractivity contribution in [3.8, 4) is 0 Å². The molecule has 0 unspecified atom stereocenters. The zero-order chi connectivity index (χ0) is 17.2. The van der Waals surface area contributed by atoms with Crippen molar-refractivity contribution >= 4 is 0 Å². The molecule has 3 saturated carbocycles. The van der Waals surface area contributed by atoms with E-state index in [0.29, 0.717) is 5.41 Å². The molecule has 3 aliphatic carbocycles. The molecule has 0 heterocycles. The van der Waals surface area contributed by atoms with Crippen LogP contribution in [-0.2, 0) is 0 Å². The van der Waals surface area contributed by atoms with E-state index in [0.717, 1.165) is 56.3 Å². The van der Waals surface area contributed by atoms with Crippen LogP contribution in [0.5, 0.6) is 0 Å². The quantitative estimate of drug-likeness (QED) is 0.725. The van der Waals surface area contributed by atoms with Gasteiger partial charge in [-0.25, -0.2) is 0 Å². The summed E-state index contributed by atoms with van der Waals surface area (Å²) < 4.78 is 0. The molecule has 0 bridgehead atoms. The minimum Gasteiger partial charge on any atom is -0.393 e. The fourth-order valence-electron chi connectivity index (χ4n) is 6.71. The maximum Gasteiger partial charge on any atom is 0.0540 e. The first-order valence-electron chi connectivity index (χ1n) is 10.6. The highest BCUT2D eigenvalue weighted by atomic mass is 16.3. The van der Waals surface area contributed by atoms with E-state index in [1.165, 1.54) is 44.9 Å². The lowest BCUT2D eigenvalue weighted by atomic mass is 9.50. The minimum atomic E-state index is -0.0860. The van der Waals surface area contributed by atoms with Gasteiger partial charge in [0.1, 0.15) is 0 Å². The SMILES string of the molecule is CCC(C1CCC(O)CC1)(C1CCC(O)CC1)C1CCC(O)CC1. The van der Waals surface area contributed by atoms with E-state index in [-0.39, 0.29) is 18.3 Å². The highest BCUT2D eigenvalue weighted by Gasteiger charge is 2.50. The third kappa shape index (κ3) is 3.68. The lowest BCUT2D eigenvalue weighted by Gasteiger charge is -2.55. The Balaban J connectivity index is 1.83. The molecule has 0 amide bonds. The fourth-order valence-corrected chi connectivity index (χ4v) is 6.71. The molecule has 0 saturated heterocycles. The van der Waals surface area contributed by atoms with Gasteiger partial charge >= 0.3 is 0 Å². The van der Waals surface area contributed by atoms with Crippen LogP contribution in [-0.4, -0.2) is 33.6 Å². The summed E-state index contributed by atoms with van der Waals surface area (Å²) in [5.41, 5.74) is 0.375. The van der Waals surface area contributed by atoms with Gasteiger partial charge in [0.2, 0.25) is 0 Å². The highest BCUT2D eigenvalue weighted by Crippen LogP contribution is 2.58. The van der Waals surface area contributed by atoms with Gasteiger partial charge in [0.25, 0.3) is 0 Å². The molecule has 3 heteroatoms.